The first-order valence-electron chi connectivity index (χ1n) is 5.87. The summed E-state index contributed by atoms with van der Waals surface area (Å²) in [4.78, 5) is 9.88. The van der Waals surface area contributed by atoms with Crippen LogP contribution in [0.4, 0.5) is 10.2 Å². The van der Waals surface area contributed by atoms with Crippen molar-refractivity contribution in [2.45, 2.75) is 6.42 Å². The molecule has 0 aliphatic carbocycles. The molecule has 0 radical (unpaired) electrons. The van der Waals surface area contributed by atoms with Gasteiger partial charge in [-0.2, -0.15) is 5.26 Å². The number of hydrogen-bond donors (Lipinski definition) is 0. The van der Waals surface area contributed by atoms with E-state index in [4.69, 9.17) is 5.26 Å². The molecule has 19 heavy (non-hydrogen) atoms. The van der Waals surface area contributed by atoms with Crippen molar-refractivity contribution < 1.29 is 4.39 Å². The number of anilines is 1. The Kier molecular flexibility index (Phi) is 4.04. The molecular weight excluding hydrogens is 243 g/mol. The lowest BCUT2D eigenvalue weighted by atomic mass is 10.1. The van der Waals surface area contributed by atoms with Gasteiger partial charge in [-0.15, -0.1) is 0 Å². The van der Waals surface area contributed by atoms with Gasteiger partial charge in [-0.05, 0) is 24.1 Å². The Hall–Kier alpha value is -2.48. The van der Waals surface area contributed by atoms with Gasteiger partial charge in [-0.25, -0.2) is 14.4 Å². The van der Waals surface area contributed by atoms with Crippen LogP contribution >= 0.6 is 0 Å². The van der Waals surface area contributed by atoms with Crippen LogP contribution in [-0.4, -0.2) is 23.6 Å². The van der Waals surface area contributed by atoms with Crippen molar-refractivity contribution in [3.63, 3.8) is 0 Å². The summed E-state index contributed by atoms with van der Waals surface area (Å²) in [6.07, 6.45) is 2.16. The van der Waals surface area contributed by atoms with E-state index in [2.05, 4.69) is 9.97 Å². The molecule has 4 nitrogen and oxygen atoms in total. The van der Waals surface area contributed by atoms with Crippen molar-refractivity contribution in [3.05, 3.63) is 53.7 Å². The molecule has 0 aliphatic rings. The van der Waals surface area contributed by atoms with Gasteiger partial charge < -0.3 is 4.90 Å². The minimum absolute atomic E-state index is 0.230. The van der Waals surface area contributed by atoms with Crippen molar-refractivity contribution in [2.24, 2.45) is 0 Å². The van der Waals surface area contributed by atoms with E-state index in [9.17, 15) is 4.39 Å². The van der Waals surface area contributed by atoms with E-state index in [0.29, 0.717) is 11.5 Å². The lowest BCUT2D eigenvalue weighted by Crippen LogP contribution is -2.21. The highest BCUT2D eigenvalue weighted by molar-refractivity contribution is 5.41. The first kappa shape index (κ1) is 13.0. The third-order valence-electron chi connectivity index (χ3n) is 2.81. The van der Waals surface area contributed by atoms with E-state index < -0.39 is 0 Å². The molecule has 2 rings (SSSR count). The molecule has 0 unspecified atom stereocenters. The number of hydrogen-bond acceptors (Lipinski definition) is 4. The SMILES string of the molecule is CN(CCc1ccc(F)cc1)c1cc(C#N)ncn1. The average molecular weight is 256 g/mol. The molecule has 1 heterocycles. The predicted octanol–water partition coefficient (Wildman–Crippen LogP) is 2.17. The highest BCUT2D eigenvalue weighted by atomic mass is 19.1. The summed E-state index contributed by atoms with van der Waals surface area (Å²) in [6.45, 7) is 0.730. The molecule has 0 bridgehead atoms. The summed E-state index contributed by atoms with van der Waals surface area (Å²) >= 11 is 0. The van der Waals surface area contributed by atoms with Crippen LogP contribution in [-0.2, 0) is 6.42 Å². The number of likely N-dealkylation sites (N-methyl/N-ethyl adjacent to an activating group) is 1. The van der Waals surface area contributed by atoms with Gasteiger partial charge >= 0.3 is 0 Å². The minimum Gasteiger partial charge on any atom is -0.359 e. The Morgan fingerprint density at radius 1 is 1.26 bits per heavy atom. The molecular formula is C14H13FN4. The summed E-state index contributed by atoms with van der Waals surface area (Å²) < 4.78 is 12.8. The normalized spacial score (nSPS) is 9.95. The largest absolute Gasteiger partial charge is 0.359 e. The summed E-state index contributed by atoms with van der Waals surface area (Å²) in [5, 5.41) is 8.78. The number of benzene rings is 1. The molecule has 0 atom stereocenters. The van der Waals surface area contributed by atoms with Crippen LogP contribution in [0.5, 0.6) is 0 Å². The second kappa shape index (κ2) is 5.91. The minimum atomic E-state index is -0.230. The topological polar surface area (TPSA) is 52.8 Å². The van der Waals surface area contributed by atoms with Crippen LogP contribution in [0.3, 0.4) is 0 Å². The third kappa shape index (κ3) is 3.49. The Bertz CT molecular complexity index is 589. The molecule has 0 saturated heterocycles. The standard InChI is InChI=1S/C14H13FN4/c1-19(14-8-13(9-16)17-10-18-14)7-6-11-2-4-12(15)5-3-11/h2-5,8,10H,6-7H2,1H3. The lowest BCUT2D eigenvalue weighted by Gasteiger charge is -2.17. The van der Waals surface area contributed by atoms with E-state index in [-0.39, 0.29) is 5.82 Å². The summed E-state index contributed by atoms with van der Waals surface area (Å²) in [7, 11) is 1.90. The average Bonchev–Trinajstić information content (AvgIpc) is 2.46. The van der Waals surface area contributed by atoms with E-state index in [1.807, 2.05) is 18.0 Å². The van der Waals surface area contributed by atoms with E-state index >= 15 is 0 Å². The van der Waals surface area contributed by atoms with E-state index in [0.717, 1.165) is 18.5 Å². The van der Waals surface area contributed by atoms with Crippen molar-refractivity contribution in [2.75, 3.05) is 18.5 Å². The number of nitriles is 1. The predicted molar refractivity (Wildman–Crippen MR) is 70.1 cm³/mol. The second-order valence-electron chi connectivity index (χ2n) is 4.17. The molecule has 1 aromatic heterocycles. The highest BCUT2D eigenvalue weighted by Crippen LogP contribution is 2.10. The summed E-state index contributed by atoms with van der Waals surface area (Å²) in [5.41, 5.74) is 1.40. The number of aromatic nitrogens is 2. The molecule has 1 aromatic carbocycles. The highest BCUT2D eigenvalue weighted by Gasteiger charge is 2.04. The van der Waals surface area contributed by atoms with Crippen molar-refractivity contribution in [3.8, 4) is 6.07 Å². The molecule has 0 saturated carbocycles. The molecule has 96 valence electrons. The third-order valence-corrected chi connectivity index (χ3v) is 2.81. The van der Waals surface area contributed by atoms with Gasteiger partial charge in [0, 0.05) is 19.7 Å². The molecule has 0 fully saturated rings. The number of halogens is 1. The first-order chi connectivity index (χ1) is 9.19. The van der Waals surface area contributed by atoms with Crippen LogP contribution in [0.2, 0.25) is 0 Å². The Morgan fingerprint density at radius 3 is 2.68 bits per heavy atom. The van der Waals surface area contributed by atoms with Gasteiger partial charge in [-0.1, -0.05) is 12.1 Å². The van der Waals surface area contributed by atoms with Crippen LogP contribution < -0.4 is 4.90 Å². The Labute approximate surface area is 111 Å². The van der Waals surface area contributed by atoms with Crippen LogP contribution in [0.1, 0.15) is 11.3 Å². The zero-order chi connectivity index (χ0) is 13.7. The second-order valence-corrected chi connectivity index (χ2v) is 4.17. The monoisotopic (exact) mass is 256 g/mol. The van der Waals surface area contributed by atoms with Crippen LogP contribution in [0.15, 0.2) is 36.7 Å². The fraction of sp³-hybridized carbons (Fsp3) is 0.214. The zero-order valence-electron chi connectivity index (χ0n) is 10.5. The summed E-state index contributed by atoms with van der Waals surface area (Å²) in [6, 6.07) is 10.1. The van der Waals surface area contributed by atoms with Gasteiger partial charge in [0.05, 0.1) is 0 Å². The van der Waals surface area contributed by atoms with E-state index in [1.165, 1.54) is 18.5 Å². The van der Waals surface area contributed by atoms with Gasteiger partial charge in [0.1, 0.15) is 29.7 Å². The van der Waals surface area contributed by atoms with Gasteiger partial charge in [0.2, 0.25) is 0 Å². The zero-order valence-corrected chi connectivity index (χ0v) is 10.5. The smallest absolute Gasteiger partial charge is 0.145 e. The maximum atomic E-state index is 12.8. The van der Waals surface area contributed by atoms with Crippen LogP contribution in [0, 0.1) is 17.1 Å². The number of nitrogens with zero attached hydrogens (tertiary/aromatic N) is 4. The van der Waals surface area contributed by atoms with Crippen molar-refractivity contribution >= 4 is 5.82 Å². The fourth-order valence-corrected chi connectivity index (χ4v) is 1.68. The molecule has 0 N–H and O–H groups in total. The van der Waals surface area contributed by atoms with E-state index in [1.54, 1.807) is 18.2 Å². The molecule has 2 aromatic rings. The maximum absolute atomic E-state index is 12.8. The Morgan fingerprint density at radius 2 is 2.00 bits per heavy atom. The quantitative estimate of drug-likeness (QED) is 0.841. The fourth-order valence-electron chi connectivity index (χ4n) is 1.68. The lowest BCUT2D eigenvalue weighted by molar-refractivity contribution is 0.627. The van der Waals surface area contributed by atoms with Gasteiger partial charge in [-0.3, -0.25) is 0 Å². The first-order valence-corrected chi connectivity index (χ1v) is 5.87. The summed E-state index contributed by atoms with van der Waals surface area (Å²) in [5.74, 6) is 0.472. The Balaban J connectivity index is 1.99. The molecule has 0 aliphatic heterocycles. The van der Waals surface area contributed by atoms with Crippen LogP contribution in [0.25, 0.3) is 0 Å². The number of rotatable bonds is 4. The molecule has 0 spiro atoms. The maximum Gasteiger partial charge on any atom is 0.145 e. The molecule has 5 heteroatoms. The van der Waals surface area contributed by atoms with Crippen molar-refractivity contribution in [1.29, 1.82) is 5.26 Å². The van der Waals surface area contributed by atoms with Gasteiger partial charge in [0.25, 0.3) is 0 Å². The van der Waals surface area contributed by atoms with Gasteiger partial charge in [0.15, 0.2) is 0 Å². The van der Waals surface area contributed by atoms with Crippen molar-refractivity contribution in [1.82, 2.24) is 9.97 Å². The molecule has 0 amide bonds.